The number of hydrogen-bond acceptors (Lipinski definition) is 4. The number of dihydropyridines is 2. The van der Waals surface area contributed by atoms with Gasteiger partial charge >= 0.3 is 7.48 Å². The molecule has 3 rings (SSSR count). The van der Waals surface area contributed by atoms with Gasteiger partial charge in [0.1, 0.15) is 0 Å². The smallest absolute Gasteiger partial charge is 0.309 e. The standard InChI is InChI=1S/C22H29BN2O2/c1-21(2,26)22(3,4)27-23-20-12-18(16-7-5-9-24-14-16)11-19(13-20)17-8-6-10-25-15-17/h5-9,11-13,15,23-26H,10,14H2,1-4H3. The summed E-state index contributed by atoms with van der Waals surface area (Å²) in [6.07, 6.45) is 12.5. The van der Waals surface area contributed by atoms with Crippen molar-refractivity contribution in [2.75, 3.05) is 13.1 Å². The van der Waals surface area contributed by atoms with E-state index in [2.05, 4.69) is 53.3 Å². The van der Waals surface area contributed by atoms with E-state index in [0.29, 0.717) is 7.48 Å². The fourth-order valence-corrected chi connectivity index (χ4v) is 2.88. The van der Waals surface area contributed by atoms with E-state index in [0.717, 1.165) is 29.7 Å². The van der Waals surface area contributed by atoms with Gasteiger partial charge in [0.25, 0.3) is 0 Å². The lowest BCUT2D eigenvalue weighted by Crippen LogP contribution is -2.49. The lowest BCUT2D eigenvalue weighted by molar-refractivity contribution is -0.0893. The molecule has 1 aromatic rings. The third kappa shape index (κ3) is 4.73. The SMILES string of the molecule is CC(C)(O)C(C)(C)OBc1cc(C2=CNCC=C2)cc(C2=CC=CNC2)c1. The van der Waals surface area contributed by atoms with Crippen LogP contribution >= 0.6 is 0 Å². The quantitative estimate of drug-likeness (QED) is 0.678. The van der Waals surface area contributed by atoms with Crippen molar-refractivity contribution in [3.63, 3.8) is 0 Å². The minimum atomic E-state index is -0.924. The van der Waals surface area contributed by atoms with Gasteiger partial charge in [0.15, 0.2) is 0 Å². The maximum atomic E-state index is 10.4. The Bertz CT molecular complexity index is 814. The molecule has 142 valence electrons. The lowest BCUT2D eigenvalue weighted by Gasteiger charge is -2.37. The van der Waals surface area contributed by atoms with Crippen molar-refractivity contribution in [3.05, 3.63) is 66.0 Å². The van der Waals surface area contributed by atoms with Gasteiger partial charge in [0.2, 0.25) is 0 Å². The van der Waals surface area contributed by atoms with E-state index >= 15 is 0 Å². The molecule has 2 aliphatic heterocycles. The molecule has 0 saturated heterocycles. The largest absolute Gasteiger partial charge is 0.427 e. The molecular formula is C22H29BN2O2. The molecule has 0 amide bonds. The Labute approximate surface area is 163 Å². The maximum Gasteiger partial charge on any atom is 0.309 e. The summed E-state index contributed by atoms with van der Waals surface area (Å²) in [6, 6.07) is 6.57. The lowest BCUT2D eigenvalue weighted by atomic mass is 9.80. The van der Waals surface area contributed by atoms with Crippen LogP contribution in [0.4, 0.5) is 0 Å². The first-order chi connectivity index (χ1) is 12.8. The van der Waals surface area contributed by atoms with Crippen molar-refractivity contribution in [2.24, 2.45) is 0 Å². The van der Waals surface area contributed by atoms with Gasteiger partial charge in [-0.25, -0.2) is 0 Å². The van der Waals surface area contributed by atoms with E-state index in [-0.39, 0.29) is 0 Å². The van der Waals surface area contributed by atoms with Gasteiger partial charge in [0.05, 0.1) is 11.2 Å². The molecule has 27 heavy (non-hydrogen) atoms. The van der Waals surface area contributed by atoms with Gasteiger partial charge in [0, 0.05) is 19.3 Å². The summed E-state index contributed by atoms with van der Waals surface area (Å²) in [4.78, 5) is 0. The highest BCUT2D eigenvalue weighted by Crippen LogP contribution is 2.25. The van der Waals surface area contributed by atoms with Crippen molar-refractivity contribution in [1.82, 2.24) is 10.6 Å². The first-order valence-corrected chi connectivity index (χ1v) is 9.46. The number of hydrogen-bond donors (Lipinski definition) is 3. The predicted molar refractivity (Wildman–Crippen MR) is 115 cm³/mol. The number of nitrogens with one attached hydrogen (secondary N) is 2. The topological polar surface area (TPSA) is 53.5 Å². The number of aliphatic hydroxyl groups is 1. The molecule has 0 aliphatic carbocycles. The summed E-state index contributed by atoms with van der Waals surface area (Å²) in [5.41, 5.74) is 4.27. The van der Waals surface area contributed by atoms with Crippen molar-refractivity contribution < 1.29 is 9.76 Å². The minimum absolute atomic E-state index is 0.443. The zero-order chi connectivity index (χ0) is 19.5. The van der Waals surface area contributed by atoms with E-state index in [1.807, 2.05) is 26.1 Å². The fourth-order valence-electron chi connectivity index (χ4n) is 2.88. The van der Waals surface area contributed by atoms with Crippen LogP contribution in [-0.4, -0.2) is 36.9 Å². The second-order valence-electron chi connectivity index (χ2n) is 8.12. The summed E-state index contributed by atoms with van der Waals surface area (Å²) < 4.78 is 6.11. The van der Waals surface area contributed by atoms with Gasteiger partial charge < -0.3 is 20.4 Å². The third-order valence-corrected chi connectivity index (χ3v) is 5.36. The molecule has 4 nitrogen and oxygen atoms in total. The van der Waals surface area contributed by atoms with E-state index in [4.69, 9.17) is 4.65 Å². The Hall–Kier alpha value is -2.24. The van der Waals surface area contributed by atoms with Crippen molar-refractivity contribution in [2.45, 2.75) is 38.9 Å². The monoisotopic (exact) mass is 364 g/mol. The highest BCUT2D eigenvalue weighted by molar-refractivity contribution is 6.47. The Kier molecular flexibility index (Phi) is 5.63. The molecule has 2 aliphatic rings. The van der Waals surface area contributed by atoms with Crippen LogP contribution in [0.2, 0.25) is 0 Å². The molecule has 1 aromatic carbocycles. The first-order valence-electron chi connectivity index (χ1n) is 9.46. The summed E-state index contributed by atoms with van der Waals surface area (Å²) in [5, 5.41) is 16.9. The molecule has 0 spiro atoms. The van der Waals surface area contributed by atoms with Gasteiger partial charge in [-0.2, -0.15) is 0 Å². The Morgan fingerprint density at radius 2 is 1.85 bits per heavy atom. The molecule has 0 unspecified atom stereocenters. The van der Waals surface area contributed by atoms with Crippen molar-refractivity contribution in [1.29, 1.82) is 0 Å². The van der Waals surface area contributed by atoms with Gasteiger partial charge in [-0.3, -0.25) is 0 Å². The van der Waals surface area contributed by atoms with Crippen LogP contribution in [0.3, 0.4) is 0 Å². The molecule has 0 fully saturated rings. The number of benzene rings is 1. The number of rotatable bonds is 6. The second-order valence-corrected chi connectivity index (χ2v) is 8.12. The van der Waals surface area contributed by atoms with E-state index < -0.39 is 11.2 Å². The molecule has 0 bridgehead atoms. The number of allylic oxidation sites excluding steroid dienone is 4. The van der Waals surface area contributed by atoms with Crippen LogP contribution < -0.4 is 16.1 Å². The highest BCUT2D eigenvalue weighted by Gasteiger charge is 2.35. The van der Waals surface area contributed by atoms with Crippen LogP contribution in [0.15, 0.2) is 54.9 Å². The normalized spacial score (nSPS) is 16.9. The molecule has 0 atom stereocenters. The van der Waals surface area contributed by atoms with E-state index in [1.165, 1.54) is 11.1 Å². The molecular weight excluding hydrogens is 335 g/mol. The van der Waals surface area contributed by atoms with Crippen molar-refractivity contribution >= 4 is 24.1 Å². The van der Waals surface area contributed by atoms with Crippen LogP contribution in [0.25, 0.3) is 11.1 Å². The van der Waals surface area contributed by atoms with Crippen LogP contribution in [0, 0.1) is 0 Å². The van der Waals surface area contributed by atoms with Gasteiger partial charge in [-0.15, -0.1) is 0 Å². The zero-order valence-corrected chi connectivity index (χ0v) is 16.7. The molecule has 0 saturated carbocycles. The fraction of sp³-hybridized carbons (Fsp3) is 0.364. The van der Waals surface area contributed by atoms with Crippen LogP contribution in [0.1, 0.15) is 38.8 Å². The first kappa shape index (κ1) is 19.5. The van der Waals surface area contributed by atoms with E-state index in [9.17, 15) is 5.11 Å². The van der Waals surface area contributed by atoms with Gasteiger partial charge in [-0.1, -0.05) is 35.8 Å². The highest BCUT2D eigenvalue weighted by atomic mass is 16.5. The molecule has 5 heteroatoms. The van der Waals surface area contributed by atoms with E-state index in [1.54, 1.807) is 13.8 Å². The molecule has 0 aromatic heterocycles. The summed E-state index contributed by atoms with van der Waals surface area (Å²) in [7, 11) is 0.443. The minimum Gasteiger partial charge on any atom is -0.427 e. The molecule has 3 N–H and O–H groups in total. The summed E-state index contributed by atoms with van der Waals surface area (Å²) >= 11 is 0. The average molecular weight is 364 g/mol. The molecule has 0 radical (unpaired) electrons. The molecule has 2 heterocycles. The van der Waals surface area contributed by atoms with Crippen molar-refractivity contribution in [3.8, 4) is 0 Å². The van der Waals surface area contributed by atoms with Crippen LogP contribution in [0.5, 0.6) is 0 Å². The summed E-state index contributed by atoms with van der Waals surface area (Å²) in [5.74, 6) is 0. The van der Waals surface area contributed by atoms with Gasteiger partial charge in [-0.05, 0) is 68.3 Å². The maximum absolute atomic E-state index is 10.4. The third-order valence-electron chi connectivity index (χ3n) is 5.36. The Balaban J connectivity index is 1.92. The Morgan fingerprint density at radius 3 is 2.48 bits per heavy atom. The summed E-state index contributed by atoms with van der Waals surface area (Å²) in [6.45, 7) is 9.08. The zero-order valence-electron chi connectivity index (χ0n) is 16.7. The average Bonchev–Trinajstić information content (AvgIpc) is 2.67. The second kappa shape index (κ2) is 7.79. The Morgan fingerprint density at radius 1 is 1.07 bits per heavy atom. The van der Waals surface area contributed by atoms with Crippen LogP contribution in [-0.2, 0) is 4.65 Å². The predicted octanol–water partition coefficient (Wildman–Crippen LogP) is 2.23.